The van der Waals surface area contributed by atoms with Gasteiger partial charge in [-0.2, -0.15) is 0 Å². The van der Waals surface area contributed by atoms with Crippen molar-refractivity contribution < 1.29 is 22.4 Å². The number of benzene rings is 2. The minimum Gasteiger partial charge on any atom is -0.324 e. The first-order valence-corrected chi connectivity index (χ1v) is 11.5. The fourth-order valence-corrected chi connectivity index (χ4v) is 5.10. The quantitative estimate of drug-likeness (QED) is 0.762. The summed E-state index contributed by atoms with van der Waals surface area (Å²) in [5, 5.41) is 1.44. The molecule has 1 aliphatic carbocycles. The van der Waals surface area contributed by atoms with Crippen LogP contribution in [-0.4, -0.2) is 32.0 Å². The second-order valence-corrected chi connectivity index (χ2v) is 10.3. The van der Waals surface area contributed by atoms with Gasteiger partial charge in [0, 0.05) is 24.6 Å². The highest BCUT2D eigenvalue weighted by Crippen LogP contribution is 2.37. The maximum absolute atomic E-state index is 13.7. The minimum absolute atomic E-state index is 0.0186. The number of carbonyl (C=O) groups excluding carboxylic acids is 2. The molecule has 8 heteroatoms. The molecule has 1 saturated carbocycles. The van der Waals surface area contributed by atoms with Gasteiger partial charge >= 0.3 is 0 Å². The Bertz CT molecular complexity index is 1110. The summed E-state index contributed by atoms with van der Waals surface area (Å²) in [6.45, 7) is 2.03. The van der Waals surface area contributed by atoms with Crippen LogP contribution in [0.25, 0.3) is 0 Å². The molecule has 1 heterocycles. The van der Waals surface area contributed by atoms with Gasteiger partial charge in [-0.05, 0) is 62.1 Å². The lowest BCUT2D eigenvalue weighted by atomic mass is 10.2. The number of para-hydroxylation sites is 1. The number of rotatable bonds is 6. The molecule has 0 saturated heterocycles. The SMILES string of the molecule is C[C@@H](CC(=O)Nc1ccccc1F)S(=O)(=O)c1ccc2c(c1)CCN2C(=O)C1CC1. The van der Waals surface area contributed by atoms with Gasteiger partial charge in [-0.15, -0.1) is 0 Å². The number of nitrogens with zero attached hydrogens (tertiary/aromatic N) is 1. The number of carbonyl (C=O) groups is 2. The second-order valence-electron chi connectivity index (χ2n) is 7.89. The highest BCUT2D eigenvalue weighted by molar-refractivity contribution is 7.92. The van der Waals surface area contributed by atoms with Crippen molar-refractivity contribution in [3.63, 3.8) is 0 Å². The summed E-state index contributed by atoms with van der Waals surface area (Å²) < 4.78 is 39.7. The van der Waals surface area contributed by atoms with Crippen LogP contribution in [0.5, 0.6) is 0 Å². The minimum atomic E-state index is -3.76. The molecule has 0 unspecified atom stereocenters. The number of hydrogen-bond donors (Lipinski definition) is 1. The van der Waals surface area contributed by atoms with Gasteiger partial charge in [-0.3, -0.25) is 9.59 Å². The third kappa shape index (κ3) is 3.96. The number of anilines is 2. The van der Waals surface area contributed by atoms with Gasteiger partial charge < -0.3 is 10.2 Å². The molecule has 1 N–H and O–H groups in total. The molecule has 2 amide bonds. The summed E-state index contributed by atoms with van der Waals surface area (Å²) in [6.07, 6.45) is 2.16. The van der Waals surface area contributed by atoms with Crippen molar-refractivity contribution in [3.05, 3.63) is 53.8 Å². The first-order chi connectivity index (χ1) is 14.3. The molecule has 30 heavy (non-hydrogen) atoms. The highest BCUT2D eigenvalue weighted by atomic mass is 32.2. The highest BCUT2D eigenvalue weighted by Gasteiger charge is 2.37. The average Bonchev–Trinajstić information content (AvgIpc) is 3.48. The van der Waals surface area contributed by atoms with E-state index in [0.717, 1.165) is 24.1 Å². The zero-order valence-corrected chi connectivity index (χ0v) is 17.4. The summed E-state index contributed by atoms with van der Waals surface area (Å²) in [5.74, 6) is -0.932. The van der Waals surface area contributed by atoms with Crippen LogP contribution in [0.2, 0.25) is 0 Å². The first-order valence-electron chi connectivity index (χ1n) is 10.00. The third-order valence-corrected chi connectivity index (χ3v) is 7.76. The topological polar surface area (TPSA) is 83.6 Å². The molecule has 0 bridgehead atoms. The second kappa shape index (κ2) is 7.83. The Morgan fingerprint density at radius 1 is 1.20 bits per heavy atom. The molecular weight excluding hydrogens is 407 g/mol. The van der Waals surface area contributed by atoms with Crippen LogP contribution < -0.4 is 10.2 Å². The molecule has 2 aromatic carbocycles. The van der Waals surface area contributed by atoms with Crippen molar-refractivity contribution >= 4 is 33.0 Å². The molecule has 0 spiro atoms. The van der Waals surface area contributed by atoms with Gasteiger partial charge in [0.15, 0.2) is 9.84 Å². The monoisotopic (exact) mass is 430 g/mol. The van der Waals surface area contributed by atoms with Gasteiger partial charge in [0.2, 0.25) is 11.8 Å². The largest absolute Gasteiger partial charge is 0.324 e. The van der Waals surface area contributed by atoms with Crippen LogP contribution in [0.15, 0.2) is 47.4 Å². The summed E-state index contributed by atoms with van der Waals surface area (Å²) in [5.41, 5.74) is 1.62. The number of sulfone groups is 1. The summed E-state index contributed by atoms with van der Waals surface area (Å²) >= 11 is 0. The van der Waals surface area contributed by atoms with Crippen LogP contribution in [0, 0.1) is 11.7 Å². The van der Waals surface area contributed by atoms with Crippen LogP contribution in [0.1, 0.15) is 31.7 Å². The molecular formula is C22H23FN2O4S. The third-order valence-electron chi connectivity index (χ3n) is 5.62. The van der Waals surface area contributed by atoms with E-state index >= 15 is 0 Å². The number of amides is 2. The maximum atomic E-state index is 13.7. The molecule has 1 atom stereocenters. The van der Waals surface area contributed by atoms with Crippen LogP contribution in [0.3, 0.4) is 0 Å². The first kappa shape index (κ1) is 20.5. The number of halogens is 1. The lowest BCUT2D eigenvalue weighted by Crippen LogP contribution is -2.30. The smallest absolute Gasteiger partial charge is 0.230 e. The lowest BCUT2D eigenvalue weighted by molar-refractivity contribution is -0.119. The van der Waals surface area contributed by atoms with Crippen molar-refractivity contribution in [2.75, 3.05) is 16.8 Å². The maximum Gasteiger partial charge on any atom is 0.230 e. The van der Waals surface area contributed by atoms with E-state index in [4.69, 9.17) is 0 Å². The van der Waals surface area contributed by atoms with Gasteiger partial charge in [0.05, 0.1) is 15.8 Å². The molecule has 4 rings (SSSR count). The van der Waals surface area contributed by atoms with Gasteiger partial charge in [-0.1, -0.05) is 12.1 Å². The zero-order chi connectivity index (χ0) is 21.5. The van der Waals surface area contributed by atoms with Crippen LogP contribution in [-0.2, 0) is 25.8 Å². The Hall–Kier alpha value is -2.74. The van der Waals surface area contributed by atoms with Crippen molar-refractivity contribution in [3.8, 4) is 0 Å². The van der Waals surface area contributed by atoms with E-state index in [1.807, 2.05) is 0 Å². The van der Waals surface area contributed by atoms with Crippen molar-refractivity contribution in [2.24, 2.45) is 5.92 Å². The van der Waals surface area contributed by atoms with E-state index < -0.39 is 26.8 Å². The van der Waals surface area contributed by atoms with Crippen molar-refractivity contribution in [1.82, 2.24) is 0 Å². The molecule has 0 aromatic heterocycles. The predicted molar refractivity (Wildman–Crippen MR) is 112 cm³/mol. The number of fused-ring (bicyclic) bond motifs is 1. The summed E-state index contributed by atoms with van der Waals surface area (Å²) in [7, 11) is -3.76. The van der Waals surface area contributed by atoms with Crippen molar-refractivity contribution in [1.29, 1.82) is 0 Å². The molecule has 1 fully saturated rings. The molecule has 158 valence electrons. The fraction of sp³-hybridized carbons (Fsp3) is 0.364. The van der Waals surface area contributed by atoms with E-state index in [2.05, 4.69) is 5.32 Å². The fourth-order valence-electron chi connectivity index (χ4n) is 3.70. The van der Waals surface area contributed by atoms with Gasteiger partial charge in [0.1, 0.15) is 5.82 Å². The Labute approximate surface area is 175 Å². The van der Waals surface area contributed by atoms with Crippen molar-refractivity contribution in [2.45, 2.75) is 42.8 Å². The molecule has 6 nitrogen and oxygen atoms in total. The van der Waals surface area contributed by atoms with Gasteiger partial charge in [-0.25, -0.2) is 12.8 Å². The van der Waals surface area contributed by atoms with E-state index in [-0.39, 0.29) is 28.8 Å². The molecule has 1 aliphatic heterocycles. The lowest BCUT2D eigenvalue weighted by Gasteiger charge is -2.18. The normalized spacial score (nSPS) is 16.8. The number of hydrogen-bond acceptors (Lipinski definition) is 4. The van der Waals surface area contributed by atoms with E-state index in [1.54, 1.807) is 23.1 Å². The predicted octanol–water partition coefficient (Wildman–Crippen LogP) is 3.32. The molecule has 0 radical (unpaired) electrons. The summed E-state index contributed by atoms with van der Waals surface area (Å²) in [4.78, 5) is 26.5. The van der Waals surface area contributed by atoms with Crippen LogP contribution >= 0.6 is 0 Å². The molecule has 2 aromatic rings. The van der Waals surface area contributed by atoms with E-state index in [1.165, 1.54) is 31.2 Å². The Morgan fingerprint density at radius 2 is 1.93 bits per heavy atom. The Balaban J connectivity index is 1.47. The Kier molecular flexibility index (Phi) is 5.36. The standard InChI is InChI=1S/C22H23FN2O4S/c1-14(12-21(26)24-19-5-3-2-4-18(19)23)30(28,29)17-8-9-20-16(13-17)10-11-25(20)22(27)15-6-7-15/h2-5,8-9,13-15H,6-7,10-12H2,1H3,(H,24,26)/t14-/m0/s1. The van der Waals surface area contributed by atoms with Crippen LogP contribution in [0.4, 0.5) is 15.8 Å². The molecule has 2 aliphatic rings. The zero-order valence-electron chi connectivity index (χ0n) is 16.6. The summed E-state index contributed by atoms with van der Waals surface area (Å²) in [6, 6.07) is 10.5. The average molecular weight is 431 g/mol. The van der Waals surface area contributed by atoms with Gasteiger partial charge in [0.25, 0.3) is 0 Å². The van der Waals surface area contributed by atoms with E-state index in [0.29, 0.717) is 13.0 Å². The Morgan fingerprint density at radius 3 is 2.63 bits per heavy atom. The number of nitrogens with one attached hydrogen (secondary N) is 1. The van der Waals surface area contributed by atoms with E-state index in [9.17, 15) is 22.4 Å².